The maximum atomic E-state index is 13.8. The van der Waals surface area contributed by atoms with Crippen molar-refractivity contribution in [1.82, 2.24) is 0 Å². The van der Waals surface area contributed by atoms with Crippen LogP contribution in [0.15, 0.2) is 18.2 Å². The van der Waals surface area contributed by atoms with Crippen molar-refractivity contribution in [1.29, 1.82) is 0 Å². The summed E-state index contributed by atoms with van der Waals surface area (Å²) in [5.41, 5.74) is 6.53. The lowest BCUT2D eigenvalue weighted by Gasteiger charge is -2.16. The van der Waals surface area contributed by atoms with Gasteiger partial charge in [-0.15, -0.1) is 0 Å². The van der Waals surface area contributed by atoms with Crippen molar-refractivity contribution in [2.45, 2.75) is 45.6 Å². The van der Waals surface area contributed by atoms with Gasteiger partial charge in [0.1, 0.15) is 10.8 Å². The van der Waals surface area contributed by atoms with E-state index in [-0.39, 0.29) is 16.8 Å². The first kappa shape index (κ1) is 14.9. The Hall–Kier alpha value is -1.16. The van der Waals surface area contributed by atoms with E-state index in [1.54, 1.807) is 12.1 Å². The Morgan fingerprint density at radius 2 is 2.17 bits per heavy atom. The van der Waals surface area contributed by atoms with Crippen molar-refractivity contribution in [3.8, 4) is 0 Å². The van der Waals surface area contributed by atoms with Gasteiger partial charge in [-0.05, 0) is 31.5 Å². The molecule has 4 heteroatoms. The van der Waals surface area contributed by atoms with Gasteiger partial charge in [0.25, 0.3) is 0 Å². The van der Waals surface area contributed by atoms with Gasteiger partial charge in [0.05, 0.1) is 5.69 Å². The lowest BCUT2D eigenvalue weighted by Crippen LogP contribution is -2.16. The van der Waals surface area contributed by atoms with Crippen molar-refractivity contribution in [3.63, 3.8) is 0 Å². The first-order chi connectivity index (χ1) is 8.54. The van der Waals surface area contributed by atoms with E-state index in [1.807, 2.05) is 0 Å². The fourth-order valence-corrected chi connectivity index (χ4v) is 1.95. The molecule has 1 atom stereocenters. The molecule has 2 nitrogen and oxygen atoms in total. The molecule has 0 fully saturated rings. The molecule has 3 N–H and O–H groups in total. The van der Waals surface area contributed by atoms with Crippen molar-refractivity contribution in [2.75, 3.05) is 5.32 Å². The second-order valence-corrected chi connectivity index (χ2v) is 5.04. The van der Waals surface area contributed by atoms with E-state index >= 15 is 0 Å². The van der Waals surface area contributed by atoms with Crippen LogP contribution in [-0.4, -0.2) is 11.0 Å². The van der Waals surface area contributed by atoms with Gasteiger partial charge >= 0.3 is 0 Å². The zero-order chi connectivity index (χ0) is 13.5. The summed E-state index contributed by atoms with van der Waals surface area (Å²) in [6, 6.07) is 5.08. The van der Waals surface area contributed by atoms with Crippen LogP contribution in [0.2, 0.25) is 0 Å². The summed E-state index contributed by atoms with van der Waals surface area (Å²) in [7, 11) is 0. The highest BCUT2D eigenvalue weighted by atomic mass is 32.1. The summed E-state index contributed by atoms with van der Waals surface area (Å²) in [5.74, 6) is -0.303. The fourth-order valence-electron chi connectivity index (χ4n) is 1.82. The number of anilines is 1. The smallest absolute Gasteiger partial charge is 0.146 e. The molecule has 1 unspecified atom stereocenters. The van der Waals surface area contributed by atoms with Gasteiger partial charge in [0.2, 0.25) is 0 Å². The molecular formula is C14H21FN2S. The third-order valence-electron chi connectivity index (χ3n) is 2.90. The third kappa shape index (κ3) is 4.61. The molecule has 18 heavy (non-hydrogen) atoms. The van der Waals surface area contributed by atoms with E-state index < -0.39 is 0 Å². The van der Waals surface area contributed by atoms with Crippen LogP contribution in [-0.2, 0) is 0 Å². The van der Waals surface area contributed by atoms with E-state index in [1.165, 1.54) is 18.9 Å². The summed E-state index contributed by atoms with van der Waals surface area (Å²) in [4.78, 5) is 0.219. The van der Waals surface area contributed by atoms with E-state index in [0.717, 1.165) is 12.8 Å². The van der Waals surface area contributed by atoms with Crippen molar-refractivity contribution in [3.05, 3.63) is 29.6 Å². The summed E-state index contributed by atoms with van der Waals surface area (Å²) in [6.45, 7) is 4.24. The van der Waals surface area contributed by atoms with Crippen LogP contribution < -0.4 is 11.1 Å². The normalized spacial score (nSPS) is 12.2. The maximum Gasteiger partial charge on any atom is 0.146 e. The van der Waals surface area contributed by atoms with Crippen molar-refractivity contribution in [2.24, 2.45) is 5.73 Å². The Labute approximate surface area is 114 Å². The molecule has 0 heterocycles. The predicted octanol–water partition coefficient (Wildman–Crippen LogP) is 3.84. The van der Waals surface area contributed by atoms with Gasteiger partial charge in [0.15, 0.2) is 0 Å². The number of thiocarbonyl (C=S) groups is 1. The minimum atomic E-state index is -0.303. The van der Waals surface area contributed by atoms with Crippen LogP contribution in [0.25, 0.3) is 0 Å². The number of nitrogens with one attached hydrogen (secondary N) is 1. The van der Waals surface area contributed by atoms with Gasteiger partial charge in [-0.2, -0.15) is 0 Å². The Balaban J connectivity index is 2.59. The summed E-state index contributed by atoms with van der Waals surface area (Å²) < 4.78 is 13.8. The van der Waals surface area contributed by atoms with Gasteiger partial charge < -0.3 is 11.1 Å². The van der Waals surface area contributed by atoms with Crippen LogP contribution in [0.5, 0.6) is 0 Å². The number of halogens is 1. The number of hydrogen-bond donors (Lipinski definition) is 2. The number of benzene rings is 1. The summed E-state index contributed by atoms with van der Waals surface area (Å²) in [6.07, 6.45) is 4.63. The molecule has 0 amide bonds. The highest BCUT2D eigenvalue weighted by Crippen LogP contribution is 2.18. The molecule has 0 saturated heterocycles. The average molecular weight is 268 g/mol. The number of unbranched alkanes of at least 4 members (excludes halogenated alkanes) is 2. The SMILES string of the molecule is CCCCCC(C)Nc1ccc(C(N)=S)cc1F. The molecule has 0 aliphatic rings. The molecule has 0 saturated carbocycles. The van der Waals surface area contributed by atoms with Crippen LogP contribution in [0.4, 0.5) is 10.1 Å². The van der Waals surface area contributed by atoms with Crippen LogP contribution in [0.3, 0.4) is 0 Å². The minimum absolute atomic E-state index is 0.219. The van der Waals surface area contributed by atoms with Crippen LogP contribution in [0.1, 0.15) is 45.1 Å². The van der Waals surface area contributed by atoms with E-state index in [2.05, 4.69) is 19.2 Å². The molecule has 0 radical (unpaired) electrons. The Kier molecular flexibility index (Phi) is 6.05. The first-order valence-corrected chi connectivity index (χ1v) is 6.81. The second kappa shape index (κ2) is 7.31. The molecule has 0 aliphatic carbocycles. The van der Waals surface area contributed by atoms with E-state index in [9.17, 15) is 4.39 Å². The lowest BCUT2D eigenvalue weighted by atomic mass is 10.1. The Morgan fingerprint density at radius 3 is 2.72 bits per heavy atom. The molecule has 1 aromatic rings. The number of hydrogen-bond acceptors (Lipinski definition) is 2. The Morgan fingerprint density at radius 1 is 1.44 bits per heavy atom. The van der Waals surface area contributed by atoms with E-state index in [4.69, 9.17) is 18.0 Å². The molecule has 1 rings (SSSR count). The molecule has 1 aromatic carbocycles. The topological polar surface area (TPSA) is 38.0 Å². The largest absolute Gasteiger partial charge is 0.389 e. The van der Waals surface area contributed by atoms with Crippen molar-refractivity contribution >= 4 is 22.9 Å². The van der Waals surface area contributed by atoms with Gasteiger partial charge in [-0.3, -0.25) is 0 Å². The Bertz CT molecular complexity index is 407. The standard InChI is InChI=1S/C14H21FN2S/c1-3-4-5-6-10(2)17-13-8-7-11(14(16)18)9-12(13)15/h7-10,17H,3-6H2,1-2H3,(H2,16,18). The molecule has 100 valence electrons. The zero-order valence-electron chi connectivity index (χ0n) is 11.0. The molecule has 0 spiro atoms. The van der Waals surface area contributed by atoms with Crippen molar-refractivity contribution < 1.29 is 4.39 Å². The highest BCUT2D eigenvalue weighted by Gasteiger charge is 2.08. The molecule has 0 aromatic heterocycles. The van der Waals surface area contributed by atoms with Crippen LogP contribution >= 0.6 is 12.2 Å². The summed E-state index contributed by atoms with van der Waals surface area (Å²) in [5, 5.41) is 3.18. The fraction of sp³-hybridized carbons (Fsp3) is 0.500. The maximum absolute atomic E-state index is 13.8. The average Bonchev–Trinajstić information content (AvgIpc) is 2.32. The zero-order valence-corrected chi connectivity index (χ0v) is 11.8. The monoisotopic (exact) mass is 268 g/mol. The quantitative estimate of drug-likeness (QED) is 0.583. The van der Waals surface area contributed by atoms with Crippen LogP contribution in [0, 0.1) is 5.82 Å². The molecule has 0 bridgehead atoms. The van der Waals surface area contributed by atoms with Gasteiger partial charge in [0, 0.05) is 11.6 Å². The van der Waals surface area contributed by atoms with Gasteiger partial charge in [-0.1, -0.05) is 38.4 Å². The number of nitrogens with two attached hydrogens (primary N) is 1. The van der Waals surface area contributed by atoms with E-state index in [0.29, 0.717) is 11.3 Å². The summed E-state index contributed by atoms with van der Waals surface area (Å²) >= 11 is 4.81. The van der Waals surface area contributed by atoms with Gasteiger partial charge in [-0.25, -0.2) is 4.39 Å². The number of rotatable bonds is 7. The molecular weight excluding hydrogens is 247 g/mol. The minimum Gasteiger partial charge on any atom is -0.389 e. The first-order valence-electron chi connectivity index (χ1n) is 6.40. The molecule has 0 aliphatic heterocycles. The lowest BCUT2D eigenvalue weighted by molar-refractivity contribution is 0.599. The second-order valence-electron chi connectivity index (χ2n) is 4.60. The highest BCUT2D eigenvalue weighted by molar-refractivity contribution is 7.80. The third-order valence-corrected chi connectivity index (χ3v) is 3.13. The predicted molar refractivity (Wildman–Crippen MR) is 79.5 cm³/mol.